The van der Waals surface area contributed by atoms with Crippen LogP contribution in [0.1, 0.15) is 44.0 Å². The largest absolute Gasteiger partial charge is 0.444 e. The molecule has 2 rings (SSSR count). The molecule has 5 heteroatoms. The molecule has 0 radical (unpaired) electrons. The van der Waals surface area contributed by atoms with E-state index in [9.17, 15) is 9.59 Å². The quantitative estimate of drug-likeness (QED) is 0.934. The van der Waals surface area contributed by atoms with Gasteiger partial charge < -0.3 is 15.0 Å². The van der Waals surface area contributed by atoms with E-state index < -0.39 is 5.60 Å². The predicted molar refractivity (Wildman–Crippen MR) is 84.7 cm³/mol. The summed E-state index contributed by atoms with van der Waals surface area (Å²) >= 11 is 0. The van der Waals surface area contributed by atoms with Gasteiger partial charge in [-0.25, -0.2) is 4.79 Å². The highest BCUT2D eigenvalue weighted by Gasteiger charge is 2.32. The normalized spacial score (nSPS) is 18.1. The molecule has 1 saturated heterocycles. The van der Waals surface area contributed by atoms with E-state index in [2.05, 4.69) is 5.32 Å². The van der Waals surface area contributed by atoms with Crippen molar-refractivity contribution in [2.45, 2.75) is 45.3 Å². The van der Waals surface area contributed by atoms with Gasteiger partial charge in [0, 0.05) is 18.7 Å². The Balaban J connectivity index is 1.89. The molecular formula is C17H24N2O3. The van der Waals surface area contributed by atoms with Gasteiger partial charge in [-0.15, -0.1) is 0 Å². The molecule has 5 nitrogen and oxygen atoms in total. The maximum atomic E-state index is 12.2. The third-order valence-electron chi connectivity index (χ3n) is 3.54. The number of amides is 2. The van der Waals surface area contributed by atoms with Gasteiger partial charge in [0.25, 0.3) is 5.91 Å². The van der Waals surface area contributed by atoms with Crippen LogP contribution in [0.15, 0.2) is 30.3 Å². The van der Waals surface area contributed by atoms with Crippen LogP contribution in [0.3, 0.4) is 0 Å². The lowest BCUT2D eigenvalue weighted by Gasteiger charge is -2.28. The van der Waals surface area contributed by atoms with Crippen molar-refractivity contribution in [3.63, 3.8) is 0 Å². The molecule has 0 aliphatic carbocycles. The minimum Gasteiger partial charge on any atom is -0.444 e. The Morgan fingerprint density at radius 3 is 2.59 bits per heavy atom. The molecule has 120 valence electrons. The van der Waals surface area contributed by atoms with Gasteiger partial charge in [0.05, 0.1) is 6.04 Å². The number of likely N-dealkylation sites (tertiary alicyclic amines) is 1. The zero-order valence-electron chi connectivity index (χ0n) is 13.5. The number of nitrogens with zero attached hydrogens (tertiary/aromatic N) is 1. The van der Waals surface area contributed by atoms with Crippen LogP contribution in [0.2, 0.25) is 0 Å². The van der Waals surface area contributed by atoms with Crippen molar-refractivity contribution in [3.05, 3.63) is 35.9 Å². The van der Waals surface area contributed by atoms with Crippen LogP contribution in [0.25, 0.3) is 0 Å². The van der Waals surface area contributed by atoms with Gasteiger partial charge in [0.15, 0.2) is 0 Å². The Bertz CT molecular complexity index is 522. The molecule has 1 fully saturated rings. The molecule has 0 bridgehead atoms. The van der Waals surface area contributed by atoms with Crippen molar-refractivity contribution >= 4 is 12.0 Å². The zero-order chi connectivity index (χ0) is 16.2. The van der Waals surface area contributed by atoms with Gasteiger partial charge in [-0.1, -0.05) is 18.2 Å². The first-order chi connectivity index (χ1) is 10.4. The summed E-state index contributed by atoms with van der Waals surface area (Å²) in [5.41, 5.74) is 0.127. The molecule has 0 aromatic heterocycles. The second-order valence-corrected chi connectivity index (χ2v) is 6.55. The SMILES string of the molecule is CC(C)(C)OC(=O)N1CCC[C@H]1CNC(=O)c1ccccc1. The first kappa shape index (κ1) is 16.3. The van der Waals surface area contributed by atoms with E-state index >= 15 is 0 Å². The molecule has 1 aliphatic rings. The Hall–Kier alpha value is -2.04. The summed E-state index contributed by atoms with van der Waals surface area (Å²) in [7, 11) is 0. The Morgan fingerprint density at radius 2 is 1.95 bits per heavy atom. The van der Waals surface area contributed by atoms with Gasteiger partial charge in [-0.05, 0) is 45.7 Å². The number of hydrogen-bond acceptors (Lipinski definition) is 3. The fourth-order valence-electron chi connectivity index (χ4n) is 2.51. The van der Waals surface area contributed by atoms with E-state index in [0.29, 0.717) is 18.7 Å². The van der Waals surface area contributed by atoms with Crippen LogP contribution >= 0.6 is 0 Å². The molecular weight excluding hydrogens is 280 g/mol. The van der Waals surface area contributed by atoms with E-state index in [1.165, 1.54) is 0 Å². The first-order valence-corrected chi connectivity index (χ1v) is 7.70. The number of hydrogen-bond donors (Lipinski definition) is 1. The molecule has 1 atom stereocenters. The van der Waals surface area contributed by atoms with Crippen LogP contribution in [0.4, 0.5) is 4.79 Å². The van der Waals surface area contributed by atoms with Gasteiger partial charge >= 0.3 is 6.09 Å². The summed E-state index contributed by atoms with van der Waals surface area (Å²) in [5.74, 6) is -0.114. The predicted octanol–water partition coefficient (Wildman–Crippen LogP) is 2.82. The second kappa shape index (κ2) is 6.81. The van der Waals surface area contributed by atoms with Gasteiger partial charge in [-0.2, -0.15) is 0 Å². The molecule has 1 aromatic rings. The minimum absolute atomic E-state index is 0.00233. The zero-order valence-corrected chi connectivity index (χ0v) is 13.5. The fraction of sp³-hybridized carbons (Fsp3) is 0.529. The van der Waals surface area contributed by atoms with Crippen molar-refractivity contribution in [2.24, 2.45) is 0 Å². The molecule has 2 amide bonds. The number of carbonyl (C=O) groups excluding carboxylic acids is 2. The monoisotopic (exact) mass is 304 g/mol. The summed E-state index contributed by atoms with van der Waals surface area (Å²) in [4.78, 5) is 26.0. The van der Waals surface area contributed by atoms with Crippen LogP contribution in [-0.2, 0) is 4.74 Å². The smallest absolute Gasteiger partial charge is 0.410 e. The van der Waals surface area contributed by atoms with E-state index in [1.54, 1.807) is 17.0 Å². The average molecular weight is 304 g/mol. The molecule has 1 aromatic carbocycles. The first-order valence-electron chi connectivity index (χ1n) is 7.70. The number of ether oxygens (including phenoxy) is 1. The Labute approximate surface area is 131 Å². The second-order valence-electron chi connectivity index (χ2n) is 6.55. The number of rotatable bonds is 3. The molecule has 22 heavy (non-hydrogen) atoms. The lowest BCUT2D eigenvalue weighted by molar-refractivity contribution is 0.0225. The summed E-state index contributed by atoms with van der Waals surface area (Å²) in [6.07, 6.45) is 1.52. The topological polar surface area (TPSA) is 58.6 Å². The Morgan fingerprint density at radius 1 is 1.27 bits per heavy atom. The lowest BCUT2D eigenvalue weighted by atomic mass is 10.2. The number of benzene rings is 1. The molecule has 0 unspecified atom stereocenters. The van der Waals surface area contributed by atoms with Gasteiger partial charge in [0.2, 0.25) is 0 Å². The minimum atomic E-state index is -0.502. The van der Waals surface area contributed by atoms with E-state index in [4.69, 9.17) is 4.74 Å². The third kappa shape index (κ3) is 4.48. The molecule has 1 N–H and O–H groups in total. The summed E-state index contributed by atoms with van der Waals surface area (Å²) in [6.45, 7) is 6.70. The van der Waals surface area contributed by atoms with Crippen LogP contribution < -0.4 is 5.32 Å². The van der Waals surface area contributed by atoms with Crippen molar-refractivity contribution in [3.8, 4) is 0 Å². The maximum Gasteiger partial charge on any atom is 0.410 e. The average Bonchev–Trinajstić information content (AvgIpc) is 2.92. The fourth-order valence-corrected chi connectivity index (χ4v) is 2.51. The van der Waals surface area contributed by atoms with Crippen molar-refractivity contribution in [2.75, 3.05) is 13.1 Å². The van der Waals surface area contributed by atoms with E-state index in [1.807, 2.05) is 39.0 Å². The summed E-state index contributed by atoms with van der Waals surface area (Å²) in [6, 6.07) is 9.08. The van der Waals surface area contributed by atoms with Crippen molar-refractivity contribution < 1.29 is 14.3 Å². The lowest BCUT2D eigenvalue weighted by Crippen LogP contribution is -2.45. The number of nitrogens with one attached hydrogen (secondary N) is 1. The highest BCUT2D eigenvalue weighted by Crippen LogP contribution is 2.20. The van der Waals surface area contributed by atoms with E-state index in [-0.39, 0.29) is 18.0 Å². The highest BCUT2D eigenvalue weighted by atomic mass is 16.6. The van der Waals surface area contributed by atoms with E-state index in [0.717, 1.165) is 12.8 Å². The third-order valence-corrected chi connectivity index (χ3v) is 3.54. The van der Waals surface area contributed by atoms with Crippen LogP contribution in [0.5, 0.6) is 0 Å². The number of carbonyl (C=O) groups is 2. The standard InChI is InChI=1S/C17H24N2O3/c1-17(2,3)22-16(21)19-11-7-10-14(19)12-18-15(20)13-8-5-4-6-9-13/h4-6,8-9,14H,7,10-12H2,1-3H3,(H,18,20)/t14-/m0/s1. The Kier molecular flexibility index (Phi) is 5.06. The summed E-state index contributed by atoms with van der Waals surface area (Å²) < 4.78 is 5.42. The molecule has 1 aliphatic heterocycles. The molecule has 1 heterocycles. The highest BCUT2D eigenvalue weighted by molar-refractivity contribution is 5.94. The maximum absolute atomic E-state index is 12.2. The summed E-state index contributed by atoms with van der Waals surface area (Å²) in [5, 5.41) is 2.90. The van der Waals surface area contributed by atoms with Crippen LogP contribution in [-0.4, -0.2) is 41.6 Å². The molecule has 0 spiro atoms. The van der Waals surface area contributed by atoms with Gasteiger partial charge in [0.1, 0.15) is 5.60 Å². The van der Waals surface area contributed by atoms with Crippen LogP contribution in [0, 0.1) is 0 Å². The van der Waals surface area contributed by atoms with Crippen molar-refractivity contribution in [1.29, 1.82) is 0 Å². The molecule has 0 saturated carbocycles. The van der Waals surface area contributed by atoms with Crippen molar-refractivity contribution in [1.82, 2.24) is 10.2 Å². The van der Waals surface area contributed by atoms with Gasteiger partial charge in [-0.3, -0.25) is 4.79 Å².